The number of para-hydroxylation sites is 1. The molecule has 0 bridgehead atoms. The van der Waals surface area contributed by atoms with E-state index in [0.717, 1.165) is 0 Å². The van der Waals surface area contributed by atoms with E-state index >= 15 is 0 Å². The van der Waals surface area contributed by atoms with Crippen LogP contribution >= 0.6 is 11.6 Å². The summed E-state index contributed by atoms with van der Waals surface area (Å²) in [5.41, 5.74) is 1.20. The number of esters is 1. The minimum atomic E-state index is -0.496. The van der Waals surface area contributed by atoms with Crippen molar-refractivity contribution >= 4 is 29.4 Å². The third-order valence-corrected chi connectivity index (χ3v) is 4.53. The summed E-state index contributed by atoms with van der Waals surface area (Å²) < 4.78 is 17.0. The highest BCUT2D eigenvalue weighted by molar-refractivity contribution is 6.31. The van der Waals surface area contributed by atoms with Gasteiger partial charge in [0, 0.05) is 24.2 Å². The van der Waals surface area contributed by atoms with Crippen LogP contribution in [0.1, 0.15) is 21.6 Å². The van der Waals surface area contributed by atoms with Crippen LogP contribution in [0.3, 0.4) is 0 Å². The van der Waals surface area contributed by atoms with Crippen molar-refractivity contribution in [3.05, 3.63) is 76.7 Å². The van der Waals surface area contributed by atoms with E-state index in [1.54, 1.807) is 53.2 Å². The lowest BCUT2D eigenvalue weighted by Crippen LogP contribution is -2.11. The van der Waals surface area contributed by atoms with Gasteiger partial charge >= 0.3 is 5.97 Å². The Morgan fingerprint density at radius 1 is 1.07 bits per heavy atom. The Hall–Kier alpha value is -3.58. The van der Waals surface area contributed by atoms with Crippen molar-refractivity contribution in [3.8, 4) is 17.3 Å². The number of carbonyl (C=O) groups is 2. The molecule has 1 aromatic carbocycles. The summed E-state index contributed by atoms with van der Waals surface area (Å²) in [7, 11) is 4.26. The fraction of sp³-hybridized carbons (Fsp3) is 0.136. The standard InChI is InChI=1S/C22H19ClN2O5/c1-28-18-8-4-7-16(21(18)30-3)20(27)17-12-14(23)13-24-22(17)25-11-5-6-15(25)9-10-19(26)29-2/h4-13H,1-3H3/b10-9+. The quantitative estimate of drug-likeness (QED) is 0.323. The SMILES string of the molecule is COC(=O)/C=C/c1cccn1-c1ncc(Cl)cc1C(=O)c1cccc(OC)c1OC. The van der Waals surface area contributed by atoms with Gasteiger partial charge in [0.25, 0.3) is 0 Å². The highest BCUT2D eigenvalue weighted by Crippen LogP contribution is 2.33. The van der Waals surface area contributed by atoms with Gasteiger partial charge in [-0.2, -0.15) is 0 Å². The highest BCUT2D eigenvalue weighted by atomic mass is 35.5. The van der Waals surface area contributed by atoms with Crippen LogP contribution in [-0.2, 0) is 9.53 Å². The van der Waals surface area contributed by atoms with Gasteiger partial charge in [-0.3, -0.25) is 4.79 Å². The van der Waals surface area contributed by atoms with Crippen LogP contribution in [0.5, 0.6) is 11.5 Å². The summed E-state index contributed by atoms with van der Waals surface area (Å²) in [5.74, 6) is 0.261. The maximum atomic E-state index is 13.4. The molecule has 0 amide bonds. The lowest BCUT2D eigenvalue weighted by Gasteiger charge is -2.15. The molecule has 0 spiro atoms. The molecular weight excluding hydrogens is 408 g/mol. The predicted octanol–water partition coefficient (Wildman–Crippen LogP) is 3.96. The van der Waals surface area contributed by atoms with Gasteiger partial charge in [0.15, 0.2) is 11.5 Å². The molecule has 0 saturated carbocycles. The van der Waals surface area contributed by atoms with E-state index in [9.17, 15) is 9.59 Å². The smallest absolute Gasteiger partial charge is 0.330 e. The first-order valence-electron chi connectivity index (χ1n) is 8.85. The van der Waals surface area contributed by atoms with Gasteiger partial charge in [-0.05, 0) is 36.4 Å². The molecule has 3 rings (SSSR count). The van der Waals surface area contributed by atoms with Crippen molar-refractivity contribution in [1.82, 2.24) is 9.55 Å². The third kappa shape index (κ3) is 4.21. The number of pyridine rings is 1. The number of aromatic nitrogens is 2. The number of nitrogens with zero attached hydrogens (tertiary/aromatic N) is 2. The molecule has 0 unspecified atom stereocenters. The highest BCUT2D eigenvalue weighted by Gasteiger charge is 2.23. The lowest BCUT2D eigenvalue weighted by atomic mass is 10.0. The number of hydrogen-bond donors (Lipinski definition) is 0. The molecule has 2 aromatic heterocycles. The number of rotatable bonds is 7. The second kappa shape index (κ2) is 9.28. The molecule has 7 nitrogen and oxygen atoms in total. The number of ketones is 1. The summed E-state index contributed by atoms with van der Waals surface area (Å²) in [5, 5.41) is 0.308. The van der Waals surface area contributed by atoms with Crippen LogP contribution in [0.25, 0.3) is 11.9 Å². The Morgan fingerprint density at radius 2 is 1.87 bits per heavy atom. The van der Waals surface area contributed by atoms with Gasteiger partial charge in [0.05, 0.1) is 37.5 Å². The summed E-state index contributed by atoms with van der Waals surface area (Å²) in [6.45, 7) is 0. The van der Waals surface area contributed by atoms with E-state index in [2.05, 4.69) is 9.72 Å². The molecule has 0 aliphatic carbocycles. The van der Waals surface area contributed by atoms with Crippen LogP contribution < -0.4 is 9.47 Å². The van der Waals surface area contributed by atoms with Crippen LogP contribution in [0.15, 0.2) is 54.9 Å². The molecule has 0 aliphatic rings. The zero-order chi connectivity index (χ0) is 21.7. The summed E-state index contributed by atoms with van der Waals surface area (Å²) in [6, 6.07) is 10.1. The van der Waals surface area contributed by atoms with Crippen LogP contribution in [0, 0.1) is 0 Å². The van der Waals surface area contributed by atoms with E-state index in [0.29, 0.717) is 33.6 Å². The minimum absolute atomic E-state index is 0.262. The third-order valence-electron chi connectivity index (χ3n) is 4.33. The molecule has 8 heteroatoms. The van der Waals surface area contributed by atoms with Crippen molar-refractivity contribution in [2.24, 2.45) is 0 Å². The van der Waals surface area contributed by atoms with E-state index in [1.807, 2.05) is 0 Å². The Bertz CT molecular complexity index is 1120. The van der Waals surface area contributed by atoms with Crippen molar-refractivity contribution < 1.29 is 23.8 Å². The molecule has 0 radical (unpaired) electrons. The Morgan fingerprint density at radius 3 is 2.57 bits per heavy atom. The lowest BCUT2D eigenvalue weighted by molar-refractivity contribution is -0.134. The fourth-order valence-electron chi connectivity index (χ4n) is 2.95. The molecule has 0 atom stereocenters. The summed E-state index contributed by atoms with van der Waals surface area (Å²) in [4.78, 5) is 29.3. The van der Waals surface area contributed by atoms with Gasteiger partial charge in [-0.15, -0.1) is 0 Å². The Labute approximate surface area is 178 Å². The largest absolute Gasteiger partial charge is 0.493 e. The maximum Gasteiger partial charge on any atom is 0.330 e. The first kappa shape index (κ1) is 21.1. The molecule has 0 saturated heterocycles. The van der Waals surface area contributed by atoms with E-state index in [4.69, 9.17) is 21.1 Å². The van der Waals surface area contributed by atoms with Gasteiger partial charge in [-0.1, -0.05) is 17.7 Å². The Kier molecular flexibility index (Phi) is 6.54. The van der Waals surface area contributed by atoms with Gasteiger partial charge < -0.3 is 18.8 Å². The summed E-state index contributed by atoms with van der Waals surface area (Å²) in [6.07, 6.45) is 6.04. The van der Waals surface area contributed by atoms with E-state index in [1.165, 1.54) is 33.6 Å². The number of carbonyl (C=O) groups excluding carboxylic acids is 2. The number of halogens is 1. The number of benzene rings is 1. The summed E-state index contributed by atoms with van der Waals surface area (Å²) >= 11 is 6.15. The Balaban J connectivity index is 2.13. The molecule has 0 fully saturated rings. The molecule has 30 heavy (non-hydrogen) atoms. The van der Waals surface area contributed by atoms with Crippen molar-refractivity contribution in [2.45, 2.75) is 0 Å². The average molecular weight is 427 g/mol. The second-order valence-electron chi connectivity index (χ2n) is 6.05. The van der Waals surface area contributed by atoms with E-state index in [-0.39, 0.29) is 11.3 Å². The second-order valence-corrected chi connectivity index (χ2v) is 6.49. The monoisotopic (exact) mass is 426 g/mol. The molecule has 2 heterocycles. The zero-order valence-corrected chi connectivity index (χ0v) is 17.3. The van der Waals surface area contributed by atoms with Gasteiger partial charge in [-0.25, -0.2) is 9.78 Å². The predicted molar refractivity (Wildman–Crippen MR) is 113 cm³/mol. The molecule has 154 valence electrons. The van der Waals surface area contributed by atoms with Crippen molar-refractivity contribution in [2.75, 3.05) is 21.3 Å². The number of hydrogen-bond acceptors (Lipinski definition) is 6. The van der Waals surface area contributed by atoms with Gasteiger partial charge in [0.1, 0.15) is 5.82 Å². The zero-order valence-electron chi connectivity index (χ0n) is 16.6. The fourth-order valence-corrected chi connectivity index (χ4v) is 3.10. The van der Waals surface area contributed by atoms with Crippen molar-refractivity contribution in [3.63, 3.8) is 0 Å². The molecule has 0 N–H and O–H groups in total. The average Bonchev–Trinajstić information content (AvgIpc) is 3.24. The van der Waals surface area contributed by atoms with Crippen LogP contribution in [0.2, 0.25) is 5.02 Å². The first-order chi connectivity index (χ1) is 14.5. The number of ether oxygens (including phenoxy) is 3. The van der Waals surface area contributed by atoms with E-state index < -0.39 is 5.97 Å². The normalized spacial score (nSPS) is 10.8. The maximum absolute atomic E-state index is 13.4. The van der Waals surface area contributed by atoms with Crippen LogP contribution in [0.4, 0.5) is 0 Å². The van der Waals surface area contributed by atoms with Gasteiger partial charge in [0.2, 0.25) is 5.78 Å². The number of methoxy groups -OCH3 is 3. The first-order valence-corrected chi connectivity index (χ1v) is 9.23. The molecular formula is C22H19ClN2O5. The van der Waals surface area contributed by atoms with Crippen molar-refractivity contribution in [1.29, 1.82) is 0 Å². The molecule has 3 aromatic rings. The topological polar surface area (TPSA) is 79.7 Å². The van der Waals surface area contributed by atoms with Crippen LogP contribution in [-0.4, -0.2) is 42.6 Å². The minimum Gasteiger partial charge on any atom is -0.493 e. The molecule has 0 aliphatic heterocycles.